The van der Waals surface area contributed by atoms with Gasteiger partial charge < -0.3 is 10.1 Å². The lowest BCUT2D eigenvalue weighted by molar-refractivity contribution is -0.145. The second-order valence-corrected chi connectivity index (χ2v) is 7.81. The van der Waals surface area contributed by atoms with Gasteiger partial charge in [-0.2, -0.15) is 0 Å². The first kappa shape index (κ1) is 22.3. The lowest BCUT2D eigenvalue weighted by Crippen LogP contribution is -2.47. The molecule has 1 fully saturated rings. The Morgan fingerprint density at radius 3 is 2.39 bits per heavy atom. The number of carbonyl (C=O) groups is 2. The maximum atomic E-state index is 13.0. The molecule has 28 heavy (non-hydrogen) atoms. The van der Waals surface area contributed by atoms with Gasteiger partial charge in [-0.3, -0.25) is 14.6 Å². The minimum absolute atomic E-state index is 0.150. The fourth-order valence-corrected chi connectivity index (χ4v) is 3.46. The summed E-state index contributed by atoms with van der Waals surface area (Å²) in [5.41, 5.74) is 1.09. The van der Waals surface area contributed by atoms with Gasteiger partial charge in [0.05, 0.1) is 13.7 Å². The van der Waals surface area contributed by atoms with Crippen LogP contribution in [0.25, 0.3) is 0 Å². The third-order valence-corrected chi connectivity index (χ3v) is 4.90. The van der Waals surface area contributed by atoms with Gasteiger partial charge in [0.2, 0.25) is 5.91 Å². The number of halogens is 1. The van der Waals surface area contributed by atoms with Crippen LogP contribution in [0.4, 0.5) is 4.39 Å². The molecule has 2 rings (SSSR count). The molecule has 1 N–H and O–H groups in total. The molecule has 0 aliphatic carbocycles. The molecule has 1 heterocycles. The summed E-state index contributed by atoms with van der Waals surface area (Å²) in [6.45, 7) is 8.46. The maximum Gasteiger partial charge on any atom is 0.328 e. The van der Waals surface area contributed by atoms with Gasteiger partial charge in [-0.25, -0.2) is 9.18 Å². The summed E-state index contributed by atoms with van der Waals surface area (Å²) in [5.74, 6) is -0.492. The number of methoxy groups -OCH3 is 1. The molecule has 1 amide bonds. The fraction of sp³-hybridized carbons (Fsp3) is 0.619. The SMILES string of the molecule is COC(=O)C(CC(C)C)NC(=O)CN1CCCN(Cc2ccc(F)cc2)CC1. The monoisotopic (exact) mass is 393 g/mol. The molecule has 1 aromatic rings. The number of amides is 1. The molecule has 1 aliphatic heterocycles. The van der Waals surface area contributed by atoms with Crippen LogP contribution < -0.4 is 5.32 Å². The van der Waals surface area contributed by atoms with E-state index in [1.807, 2.05) is 26.0 Å². The Kier molecular flexibility index (Phi) is 8.86. The molecule has 1 atom stereocenters. The number of esters is 1. The largest absolute Gasteiger partial charge is 0.467 e. The van der Waals surface area contributed by atoms with E-state index >= 15 is 0 Å². The number of benzene rings is 1. The van der Waals surface area contributed by atoms with Gasteiger partial charge in [0.1, 0.15) is 11.9 Å². The van der Waals surface area contributed by atoms with Gasteiger partial charge >= 0.3 is 5.97 Å². The minimum Gasteiger partial charge on any atom is -0.467 e. The van der Waals surface area contributed by atoms with Crippen molar-refractivity contribution in [3.8, 4) is 0 Å². The molecule has 1 unspecified atom stereocenters. The quantitative estimate of drug-likeness (QED) is 0.685. The van der Waals surface area contributed by atoms with E-state index < -0.39 is 12.0 Å². The van der Waals surface area contributed by atoms with E-state index in [1.54, 1.807) is 0 Å². The zero-order valence-corrected chi connectivity index (χ0v) is 17.1. The molecule has 0 saturated carbocycles. The summed E-state index contributed by atoms with van der Waals surface area (Å²) in [6, 6.07) is 6.00. The van der Waals surface area contributed by atoms with E-state index in [2.05, 4.69) is 15.1 Å². The summed E-state index contributed by atoms with van der Waals surface area (Å²) >= 11 is 0. The van der Waals surface area contributed by atoms with Crippen LogP contribution in [0.2, 0.25) is 0 Å². The minimum atomic E-state index is -0.598. The molecular formula is C21H32FN3O3. The van der Waals surface area contributed by atoms with Crippen molar-refractivity contribution in [3.05, 3.63) is 35.6 Å². The highest BCUT2D eigenvalue weighted by molar-refractivity contribution is 5.85. The molecule has 6 nitrogen and oxygen atoms in total. The fourth-order valence-electron chi connectivity index (χ4n) is 3.46. The van der Waals surface area contributed by atoms with Crippen LogP contribution in [-0.4, -0.2) is 67.6 Å². The zero-order valence-electron chi connectivity index (χ0n) is 17.1. The molecule has 156 valence electrons. The average molecular weight is 394 g/mol. The van der Waals surface area contributed by atoms with Gasteiger partial charge in [-0.1, -0.05) is 26.0 Å². The summed E-state index contributed by atoms with van der Waals surface area (Å²) < 4.78 is 17.9. The first-order valence-electron chi connectivity index (χ1n) is 9.93. The Balaban J connectivity index is 1.81. The number of carbonyl (C=O) groups excluding carboxylic acids is 2. The van der Waals surface area contributed by atoms with Crippen molar-refractivity contribution in [3.63, 3.8) is 0 Å². The van der Waals surface area contributed by atoms with Crippen LogP contribution >= 0.6 is 0 Å². The molecule has 1 aromatic carbocycles. The van der Waals surface area contributed by atoms with Gasteiger partial charge in [0, 0.05) is 19.6 Å². The van der Waals surface area contributed by atoms with Crippen molar-refractivity contribution in [1.29, 1.82) is 0 Å². The number of hydrogen-bond donors (Lipinski definition) is 1. The summed E-state index contributed by atoms with van der Waals surface area (Å²) in [4.78, 5) is 28.8. The van der Waals surface area contributed by atoms with E-state index in [-0.39, 0.29) is 24.2 Å². The van der Waals surface area contributed by atoms with Gasteiger partial charge in [0.25, 0.3) is 0 Å². The van der Waals surface area contributed by atoms with Crippen molar-refractivity contribution in [2.45, 2.75) is 39.3 Å². The Morgan fingerprint density at radius 2 is 1.75 bits per heavy atom. The van der Waals surface area contributed by atoms with Gasteiger partial charge in [-0.15, -0.1) is 0 Å². The van der Waals surface area contributed by atoms with E-state index in [0.29, 0.717) is 6.42 Å². The first-order valence-corrected chi connectivity index (χ1v) is 9.93. The van der Waals surface area contributed by atoms with Crippen LogP contribution in [0.5, 0.6) is 0 Å². The third-order valence-electron chi connectivity index (χ3n) is 4.90. The third kappa shape index (κ3) is 7.56. The van der Waals surface area contributed by atoms with Gasteiger partial charge in [0.15, 0.2) is 0 Å². The topological polar surface area (TPSA) is 61.9 Å². The predicted molar refractivity (Wildman–Crippen MR) is 106 cm³/mol. The lowest BCUT2D eigenvalue weighted by Gasteiger charge is -2.23. The standard InChI is InChI=1S/C21H32FN3O3/c1-16(2)13-19(21(27)28-3)23-20(26)15-25-10-4-9-24(11-12-25)14-17-5-7-18(22)8-6-17/h5-8,16,19H,4,9-15H2,1-3H3,(H,23,26). The summed E-state index contributed by atoms with van der Waals surface area (Å²) in [7, 11) is 1.34. The summed E-state index contributed by atoms with van der Waals surface area (Å²) in [6.07, 6.45) is 1.52. The molecular weight excluding hydrogens is 361 g/mol. The number of nitrogens with zero attached hydrogens (tertiary/aromatic N) is 2. The smallest absolute Gasteiger partial charge is 0.328 e. The van der Waals surface area contributed by atoms with E-state index in [0.717, 1.165) is 44.7 Å². The Hall–Kier alpha value is -1.99. The molecule has 0 bridgehead atoms. The molecule has 7 heteroatoms. The molecule has 1 saturated heterocycles. The van der Waals surface area contributed by atoms with Crippen LogP contribution in [0, 0.1) is 11.7 Å². The molecule has 1 aliphatic rings. The Bertz CT molecular complexity index is 636. The van der Waals surface area contributed by atoms with Crippen molar-refractivity contribution < 1.29 is 18.7 Å². The molecule has 0 aromatic heterocycles. The second kappa shape index (κ2) is 11.1. The average Bonchev–Trinajstić information content (AvgIpc) is 2.87. The number of hydrogen-bond acceptors (Lipinski definition) is 5. The van der Waals surface area contributed by atoms with Crippen molar-refractivity contribution in [1.82, 2.24) is 15.1 Å². The molecule has 0 radical (unpaired) electrons. The Labute approximate surface area is 167 Å². The normalized spacial score (nSPS) is 17.2. The Morgan fingerprint density at radius 1 is 1.11 bits per heavy atom. The van der Waals surface area contributed by atoms with Crippen molar-refractivity contribution in [2.75, 3.05) is 39.8 Å². The van der Waals surface area contributed by atoms with E-state index in [1.165, 1.54) is 19.2 Å². The van der Waals surface area contributed by atoms with Crippen LogP contribution in [0.3, 0.4) is 0 Å². The van der Waals surface area contributed by atoms with Crippen LogP contribution in [-0.2, 0) is 20.9 Å². The van der Waals surface area contributed by atoms with E-state index in [4.69, 9.17) is 4.74 Å². The maximum absolute atomic E-state index is 13.0. The first-order chi connectivity index (χ1) is 13.4. The molecule has 0 spiro atoms. The number of rotatable bonds is 8. The van der Waals surface area contributed by atoms with Crippen LogP contribution in [0.15, 0.2) is 24.3 Å². The van der Waals surface area contributed by atoms with Crippen molar-refractivity contribution in [2.24, 2.45) is 5.92 Å². The summed E-state index contributed by atoms with van der Waals surface area (Å²) in [5, 5.41) is 2.82. The number of ether oxygens (including phenoxy) is 1. The van der Waals surface area contributed by atoms with Gasteiger partial charge in [-0.05, 0) is 49.5 Å². The highest BCUT2D eigenvalue weighted by atomic mass is 19.1. The highest BCUT2D eigenvalue weighted by Gasteiger charge is 2.24. The predicted octanol–water partition coefficient (Wildman–Crippen LogP) is 2.04. The zero-order chi connectivity index (χ0) is 20.5. The highest BCUT2D eigenvalue weighted by Crippen LogP contribution is 2.11. The number of nitrogens with one attached hydrogen (secondary N) is 1. The van der Waals surface area contributed by atoms with E-state index in [9.17, 15) is 14.0 Å². The van der Waals surface area contributed by atoms with Crippen LogP contribution in [0.1, 0.15) is 32.3 Å². The lowest BCUT2D eigenvalue weighted by atomic mass is 10.0. The van der Waals surface area contributed by atoms with Crippen molar-refractivity contribution >= 4 is 11.9 Å². The second-order valence-electron chi connectivity index (χ2n) is 7.81.